The van der Waals surface area contributed by atoms with E-state index in [1.807, 2.05) is 5.32 Å². The van der Waals surface area contributed by atoms with Gasteiger partial charge in [0.2, 0.25) is 5.91 Å². The lowest BCUT2D eigenvalue weighted by molar-refractivity contribution is -0.140. The molecule has 0 aromatic heterocycles. The van der Waals surface area contributed by atoms with Gasteiger partial charge in [-0.05, 0) is 6.85 Å². The van der Waals surface area contributed by atoms with Crippen molar-refractivity contribution in [3.05, 3.63) is 0 Å². The fourth-order valence-corrected chi connectivity index (χ4v) is 0.265. The highest BCUT2D eigenvalue weighted by Crippen LogP contribution is 1.78. The van der Waals surface area contributed by atoms with Gasteiger partial charge >= 0.3 is 5.97 Å². The maximum absolute atomic E-state index is 10.4. The molecule has 1 amide bonds. The molecule has 0 aromatic rings. The highest BCUT2D eigenvalue weighted by Gasteiger charge is 2.09. The Bertz CT molecular complexity index is 201. The summed E-state index contributed by atoms with van der Waals surface area (Å²) in [4.78, 5) is 20.7. The van der Waals surface area contributed by atoms with Crippen molar-refractivity contribution >= 4 is 11.9 Å². The second-order valence-electron chi connectivity index (χ2n) is 1.47. The minimum Gasteiger partial charge on any atom is -0.480 e. The lowest BCUT2D eigenvalue weighted by Gasteiger charge is -2.04. The molecule has 1 atom stereocenters. The molecule has 0 aliphatic carbocycles. The molecule has 1 unspecified atom stereocenters. The molecule has 0 saturated carbocycles. The number of carbonyl (C=O) groups excluding carboxylic acids is 1. The van der Waals surface area contributed by atoms with Gasteiger partial charge in [-0.2, -0.15) is 0 Å². The zero-order chi connectivity index (χ0) is 9.94. The van der Waals surface area contributed by atoms with Gasteiger partial charge < -0.3 is 10.4 Å². The van der Waals surface area contributed by atoms with E-state index in [-0.39, 0.29) is 0 Å². The predicted octanol–water partition coefficient (Wildman–Crippen LogP) is -0.404. The molecule has 2 N–H and O–H groups in total. The molecule has 0 heterocycles. The van der Waals surface area contributed by atoms with E-state index in [1.54, 1.807) is 0 Å². The van der Waals surface area contributed by atoms with E-state index in [4.69, 9.17) is 9.22 Å². The highest BCUT2D eigenvalue weighted by molar-refractivity contribution is 5.81. The third-order valence-electron chi connectivity index (χ3n) is 0.595. The Morgan fingerprint density at radius 3 is 2.44 bits per heavy atom. The standard InChI is InChI=1S/C5H9NO3/c1-3(5(8)9)6-4(2)7/h3H,1-2H3,(H,6,7)(H,8,9)/i1D3. The van der Waals surface area contributed by atoms with Crippen LogP contribution in [0.25, 0.3) is 0 Å². The predicted molar refractivity (Wildman–Crippen MR) is 30.9 cm³/mol. The summed E-state index contributed by atoms with van der Waals surface area (Å²) in [5.74, 6) is -2.25. The first kappa shape index (κ1) is 3.87. The monoisotopic (exact) mass is 134 g/mol. The number of amides is 1. The van der Waals surface area contributed by atoms with Crippen LogP contribution in [0.15, 0.2) is 0 Å². The number of carboxylic acids is 1. The lowest BCUT2D eigenvalue weighted by atomic mass is 10.3. The molecule has 0 fully saturated rings. The number of rotatable bonds is 2. The quantitative estimate of drug-likeness (QED) is 0.539. The summed E-state index contributed by atoms with van der Waals surface area (Å²) in [6.07, 6.45) is 0. The van der Waals surface area contributed by atoms with Gasteiger partial charge in [0, 0.05) is 11.0 Å². The second-order valence-corrected chi connectivity index (χ2v) is 1.47. The first-order valence-electron chi connectivity index (χ1n) is 3.75. The van der Waals surface area contributed by atoms with Gasteiger partial charge in [-0.15, -0.1) is 0 Å². The summed E-state index contributed by atoms with van der Waals surface area (Å²) in [6, 6.07) is -1.82. The Kier molecular flexibility index (Phi) is 1.32. The normalized spacial score (nSPS) is 18.6. The van der Waals surface area contributed by atoms with Gasteiger partial charge in [0.05, 0.1) is 0 Å². The van der Waals surface area contributed by atoms with Crippen LogP contribution in [0.2, 0.25) is 0 Å². The van der Waals surface area contributed by atoms with Crippen LogP contribution < -0.4 is 5.32 Å². The van der Waals surface area contributed by atoms with Crippen LogP contribution in [0.5, 0.6) is 0 Å². The van der Waals surface area contributed by atoms with Crippen LogP contribution in [-0.4, -0.2) is 23.0 Å². The first-order chi connectivity index (χ1) is 5.25. The Labute approximate surface area is 57.1 Å². The number of aliphatic carboxylic acids is 1. The van der Waals surface area contributed by atoms with Crippen LogP contribution in [0.4, 0.5) is 0 Å². The van der Waals surface area contributed by atoms with Crippen molar-refractivity contribution in [1.29, 1.82) is 0 Å². The highest BCUT2D eigenvalue weighted by atomic mass is 16.4. The van der Waals surface area contributed by atoms with Crippen LogP contribution in [-0.2, 0) is 9.59 Å². The average Bonchev–Trinajstić information content (AvgIpc) is 1.79. The summed E-state index contributed by atoms with van der Waals surface area (Å²) in [5.41, 5.74) is 0. The van der Waals surface area contributed by atoms with Gasteiger partial charge in [-0.3, -0.25) is 9.59 Å². The van der Waals surface area contributed by atoms with E-state index in [1.165, 1.54) is 0 Å². The molecule has 0 bridgehead atoms. The summed E-state index contributed by atoms with van der Waals surface area (Å²) < 4.78 is 20.3. The smallest absolute Gasteiger partial charge is 0.325 e. The molecule has 4 heteroatoms. The van der Waals surface area contributed by atoms with Crippen LogP contribution in [0.3, 0.4) is 0 Å². The van der Waals surface area contributed by atoms with Crippen molar-refractivity contribution in [2.24, 2.45) is 0 Å². The minimum atomic E-state index is -2.71. The zero-order valence-corrected chi connectivity index (χ0v) is 4.84. The molecular formula is C5H9NO3. The van der Waals surface area contributed by atoms with Crippen LogP contribution >= 0.6 is 0 Å². The molecule has 0 radical (unpaired) electrons. The summed E-state index contributed by atoms with van der Waals surface area (Å²) >= 11 is 0. The maximum Gasteiger partial charge on any atom is 0.325 e. The molecule has 0 rings (SSSR count). The van der Waals surface area contributed by atoms with Crippen molar-refractivity contribution in [2.45, 2.75) is 19.8 Å². The van der Waals surface area contributed by atoms with Crippen molar-refractivity contribution < 1.29 is 18.8 Å². The topological polar surface area (TPSA) is 66.4 Å². The minimum absolute atomic E-state index is 0.682. The first-order valence-corrected chi connectivity index (χ1v) is 2.25. The average molecular weight is 134 g/mol. The van der Waals surface area contributed by atoms with E-state index in [0.717, 1.165) is 6.92 Å². The van der Waals surface area contributed by atoms with Gasteiger partial charge in [-0.1, -0.05) is 0 Å². The molecular weight excluding hydrogens is 122 g/mol. The molecule has 0 aliphatic heterocycles. The summed E-state index contributed by atoms with van der Waals surface area (Å²) in [6.45, 7) is -1.65. The fraction of sp³-hybridized carbons (Fsp3) is 0.600. The number of nitrogens with one attached hydrogen (secondary N) is 1. The van der Waals surface area contributed by atoms with Gasteiger partial charge in [-0.25, -0.2) is 0 Å². The van der Waals surface area contributed by atoms with E-state index in [0.29, 0.717) is 0 Å². The maximum atomic E-state index is 10.4. The van der Waals surface area contributed by atoms with Crippen molar-refractivity contribution in [1.82, 2.24) is 5.32 Å². The van der Waals surface area contributed by atoms with Crippen molar-refractivity contribution in [2.75, 3.05) is 0 Å². The third kappa shape index (κ3) is 3.52. The Morgan fingerprint density at radius 1 is 1.78 bits per heavy atom. The second kappa shape index (κ2) is 3.06. The molecule has 9 heavy (non-hydrogen) atoms. The molecule has 4 nitrogen and oxygen atoms in total. The van der Waals surface area contributed by atoms with Crippen LogP contribution in [0, 0.1) is 0 Å². The lowest BCUT2D eigenvalue weighted by Crippen LogP contribution is -2.36. The van der Waals surface area contributed by atoms with Crippen molar-refractivity contribution in [3.63, 3.8) is 0 Å². The number of carbonyl (C=O) groups is 2. The van der Waals surface area contributed by atoms with E-state index in [2.05, 4.69) is 0 Å². The van der Waals surface area contributed by atoms with Crippen molar-refractivity contribution in [3.8, 4) is 0 Å². The van der Waals surface area contributed by atoms with Crippen LogP contribution in [0.1, 0.15) is 17.9 Å². The molecule has 0 spiro atoms. The summed E-state index contributed by atoms with van der Waals surface area (Å²) in [7, 11) is 0. The Balaban J connectivity index is 4.46. The van der Waals surface area contributed by atoms with E-state index < -0.39 is 24.8 Å². The largest absolute Gasteiger partial charge is 0.480 e. The number of hydrogen-bond acceptors (Lipinski definition) is 2. The Morgan fingerprint density at radius 2 is 2.33 bits per heavy atom. The van der Waals surface area contributed by atoms with Gasteiger partial charge in [0.15, 0.2) is 0 Å². The SMILES string of the molecule is [2H]C([2H])([2H])C(NC(C)=O)C(=O)O. The van der Waals surface area contributed by atoms with E-state index in [9.17, 15) is 9.59 Å². The fourth-order valence-electron chi connectivity index (χ4n) is 0.265. The van der Waals surface area contributed by atoms with Gasteiger partial charge in [0.25, 0.3) is 0 Å². The third-order valence-corrected chi connectivity index (χ3v) is 0.595. The molecule has 0 saturated heterocycles. The van der Waals surface area contributed by atoms with Gasteiger partial charge in [0.1, 0.15) is 6.04 Å². The van der Waals surface area contributed by atoms with E-state index >= 15 is 0 Å². The molecule has 0 aliphatic rings. The molecule has 0 aromatic carbocycles. The number of carboxylic acid groups (broad SMARTS) is 1. The Hall–Kier alpha value is -1.06. The zero-order valence-electron chi connectivity index (χ0n) is 7.84. The molecule has 52 valence electrons. The summed E-state index contributed by atoms with van der Waals surface area (Å²) in [5, 5.41) is 10.2. The number of hydrogen-bond donors (Lipinski definition) is 2.